The number of ether oxygens (including phenoxy) is 4. The minimum atomic E-state index is -1.52. The quantitative estimate of drug-likeness (QED) is 0.0362. The molecule has 0 atom stereocenters. The fourth-order valence-corrected chi connectivity index (χ4v) is 9.03. The molecular weight excluding hydrogens is 1050 g/mol. The number of oxazole rings is 2. The van der Waals surface area contributed by atoms with E-state index >= 15 is 0 Å². The van der Waals surface area contributed by atoms with Crippen molar-refractivity contribution >= 4 is 24.5 Å². The maximum absolute atomic E-state index is 12.6. The summed E-state index contributed by atoms with van der Waals surface area (Å²) in [6.07, 6.45) is 1.25. The summed E-state index contributed by atoms with van der Waals surface area (Å²) < 4.78 is 35.1. The molecule has 0 saturated carbocycles. The van der Waals surface area contributed by atoms with Gasteiger partial charge < -0.3 is 42.9 Å². The Morgan fingerprint density at radius 3 is 1.35 bits per heavy atom. The summed E-state index contributed by atoms with van der Waals surface area (Å²) in [5.74, 6) is 4.65. The molecule has 83 heavy (non-hydrogen) atoms. The molecule has 15 nitrogen and oxygen atoms in total. The highest BCUT2D eigenvalue weighted by atomic mass is 16.6. The molecule has 0 saturated heterocycles. The Morgan fingerprint density at radius 1 is 0.518 bits per heavy atom. The molecule has 3 N–H and O–H groups in total. The van der Waals surface area contributed by atoms with Crippen molar-refractivity contribution in [2.75, 3.05) is 26.3 Å². The first kappa shape index (κ1) is 60.3. The molecule has 0 amide bonds. The van der Waals surface area contributed by atoms with E-state index in [0.717, 1.165) is 84.9 Å². The minimum Gasteiger partial charge on any atom is -0.493 e. The van der Waals surface area contributed by atoms with E-state index in [9.17, 15) is 24.7 Å². The third-order valence-electron chi connectivity index (χ3n) is 13.1. The van der Waals surface area contributed by atoms with E-state index < -0.39 is 18.7 Å². The molecule has 0 fully saturated rings. The molecule has 428 valence electrons. The zero-order valence-electron chi connectivity index (χ0n) is 47.9. The van der Waals surface area contributed by atoms with Gasteiger partial charge in [0.15, 0.2) is 0 Å². The van der Waals surface area contributed by atoms with E-state index in [1.54, 1.807) is 12.1 Å². The fraction of sp³-hybridized carbons (Fsp3) is 0.254. The Morgan fingerprint density at radius 2 is 0.940 bits per heavy atom. The number of benzene rings is 7. The van der Waals surface area contributed by atoms with Gasteiger partial charge in [0, 0.05) is 50.1 Å². The zero-order valence-corrected chi connectivity index (χ0v) is 47.9. The van der Waals surface area contributed by atoms with Crippen LogP contribution in [-0.4, -0.2) is 85.9 Å². The monoisotopic (exact) mass is 1120 g/mol. The lowest BCUT2D eigenvalue weighted by Gasteiger charge is -2.25. The lowest BCUT2D eigenvalue weighted by Crippen LogP contribution is -2.34. The molecule has 16 heteroatoms. The molecular formula is C67H71BN4O11. The van der Waals surface area contributed by atoms with Gasteiger partial charge in [0.05, 0.1) is 37.7 Å². The topological polar surface area (TPSA) is 190 Å². The summed E-state index contributed by atoms with van der Waals surface area (Å²) in [4.78, 5) is 37.4. The third-order valence-corrected chi connectivity index (χ3v) is 13.1. The van der Waals surface area contributed by atoms with E-state index in [1.807, 2.05) is 221 Å². The van der Waals surface area contributed by atoms with Gasteiger partial charge in [-0.05, 0) is 148 Å². The standard InChI is InChI=1S/C35H34N2O5.C32H37BN2O6/c1-25-7-6-10-32(21-25)42-31-17-13-28(14-18-31)23-37(24-34(38)39)22-27-11-15-30(16-12-27)40-20-19-33-26(2)41-35(36-33)29-8-4-3-5-9-29;1-23-29(34-31(40-23)26-8-6-5-7-9-26)18-19-39-28-16-12-25(13-17-28)21-35(22-30(36)41-32(2,3)4)20-24-10-14-27(15-11-24)33(37)38/h3-18,21H,19-20,22-24H2,1-2H3,(H,38,39);5-17,37-38H,18-22H2,1-4H3. The van der Waals surface area contributed by atoms with E-state index in [2.05, 4.69) is 9.97 Å². The van der Waals surface area contributed by atoms with Crippen LogP contribution in [0.2, 0.25) is 0 Å². The molecule has 7 aromatic carbocycles. The van der Waals surface area contributed by atoms with Crippen molar-refractivity contribution in [1.82, 2.24) is 19.8 Å². The Balaban J connectivity index is 0.000000217. The van der Waals surface area contributed by atoms with Crippen LogP contribution in [-0.2, 0) is 53.3 Å². The highest BCUT2D eigenvalue weighted by molar-refractivity contribution is 6.58. The summed E-state index contributed by atoms with van der Waals surface area (Å²) in [6.45, 7) is 14.4. The van der Waals surface area contributed by atoms with Gasteiger partial charge in [-0.1, -0.05) is 109 Å². The highest BCUT2D eigenvalue weighted by Gasteiger charge is 2.21. The van der Waals surface area contributed by atoms with Gasteiger partial charge in [-0.15, -0.1) is 0 Å². The summed E-state index contributed by atoms with van der Waals surface area (Å²) in [5.41, 5.74) is 8.59. The average Bonchev–Trinajstić information content (AvgIpc) is 4.26. The predicted molar refractivity (Wildman–Crippen MR) is 320 cm³/mol. The number of carbonyl (C=O) groups excluding carboxylic acids is 1. The maximum Gasteiger partial charge on any atom is 0.488 e. The minimum absolute atomic E-state index is 0.0676. The van der Waals surface area contributed by atoms with E-state index in [-0.39, 0.29) is 19.1 Å². The number of aliphatic carboxylic acids is 1. The number of esters is 1. The van der Waals surface area contributed by atoms with E-state index in [4.69, 9.17) is 27.8 Å². The molecule has 0 radical (unpaired) electrons. The summed E-state index contributed by atoms with van der Waals surface area (Å²) >= 11 is 0. The first-order valence-electron chi connectivity index (χ1n) is 27.6. The molecule has 9 aromatic rings. The van der Waals surface area contributed by atoms with Gasteiger partial charge in [-0.3, -0.25) is 19.4 Å². The molecule has 0 bridgehead atoms. The summed E-state index contributed by atoms with van der Waals surface area (Å²) in [7, 11) is -1.52. The number of carboxylic acid groups (broad SMARTS) is 1. The second kappa shape index (κ2) is 29.3. The van der Waals surface area contributed by atoms with Gasteiger partial charge in [0.25, 0.3) is 0 Å². The first-order valence-corrected chi connectivity index (χ1v) is 27.6. The second-order valence-electron chi connectivity index (χ2n) is 21.2. The van der Waals surface area contributed by atoms with Gasteiger partial charge >= 0.3 is 19.1 Å². The molecule has 0 aliphatic carbocycles. The number of rotatable bonds is 25. The normalized spacial score (nSPS) is 11.3. The number of hydrogen-bond acceptors (Lipinski definition) is 14. The number of hydrogen-bond donors (Lipinski definition) is 3. The molecule has 2 aromatic heterocycles. The average molecular weight is 1120 g/mol. The highest BCUT2D eigenvalue weighted by Crippen LogP contribution is 2.26. The number of carboxylic acids is 1. The number of nitrogens with zero attached hydrogens (tertiary/aromatic N) is 4. The largest absolute Gasteiger partial charge is 0.493 e. The lowest BCUT2D eigenvalue weighted by atomic mass is 9.80. The van der Waals surface area contributed by atoms with Crippen molar-refractivity contribution in [3.8, 4) is 45.9 Å². The van der Waals surface area contributed by atoms with E-state index in [0.29, 0.717) is 69.5 Å². The maximum atomic E-state index is 12.6. The molecule has 9 rings (SSSR count). The van der Waals surface area contributed by atoms with Crippen molar-refractivity contribution in [1.29, 1.82) is 0 Å². The number of aryl methyl sites for hydroxylation is 3. The van der Waals surface area contributed by atoms with Crippen LogP contribution in [0.5, 0.6) is 23.0 Å². The van der Waals surface area contributed by atoms with Gasteiger partial charge in [0.1, 0.15) is 40.1 Å². The van der Waals surface area contributed by atoms with Crippen molar-refractivity contribution in [3.63, 3.8) is 0 Å². The summed E-state index contributed by atoms with van der Waals surface area (Å²) in [5, 5.41) is 28.2. The predicted octanol–water partition coefficient (Wildman–Crippen LogP) is 11.8. The van der Waals surface area contributed by atoms with Gasteiger partial charge in [-0.2, -0.15) is 0 Å². The molecule has 0 aliphatic rings. The Kier molecular flexibility index (Phi) is 21.3. The van der Waals surface area contributed by atoms with E-state index in [1.165, 1.54) is 0 Å². The molecule has 0 spiro atoms. The molecule has 0 unspecified atom stereocenters. The van der Waals surface area contributed by atoms with Gasteiger partial charge in [-0.25, -0.2) is 9.97 Å². The molecule has 2 heterocycles. The Labute approximate surface area is 485 Å². The SMILES string of the molecule is Cc1cccc(Oc2ccc(CN(CC(=O)O)Cc3ccc(OCCc4nc(-c5ccccc5)oc4C)cc3)cc2)c1.Cc1oc(-c2ccccc2)nc1CCOc1ccc(CN(CC(=O)OC(C)(C)C)Cc2ccc(B(O)O)cc2)cc1. The van der Waals surface area contributed by atoms with Crippen molar-refractivity contribution in [2.24, 2.45) is 0 Å². The Hall–Kier alpha value is -8.80. The second-order valence-corrected chi connectivity index (χ2v) is 21.2. The number of carbonyl (C=O) groups is 2. The van der Waals surface area contributed by atoms with Crippen molar-refractivity contribution < 1.29 is 52.5 Å². The molecule has 0 aliphatic heterocycles. The van der Waals surface area contributed by atoms with Gasteiger partial charge in [0.2, 0.25) is 11.8 Å². The van der Waals surface area contributed by atoms with Crippen LogP contribution >= 0.6 is 0 Å². The van der Waals surface area contributed by atoms with Crippen LogP contribution in [0.4, 0.5) is 0 Å². The Bertz CT molecular complexity index is 3460. The van der Waals surface area contributed by atoms with Crippen molar-refractivity contribution in [3.05, 3.63) is 233 Å². The van der Waals surface area contributed by atoms with Crippen LogP contribution in [0.15, 0.2) is 191 Å². The van der Waals surface area contributed by atoms with Crippen LogP contribution < -0.4 is 19.7 Å². The van der Waals surface area contributed by atoms with Crippen molar-refractivity contribution in [2.45, 2.75) is 86.2 Å². The summed E-state index contributed by atoms with van der Waals surface area (Å²) in [6, 6.07) is 57.9. The first-order chi connectivity index (χ1) is 40.0. The van der Waals surface area contributed by atoms with Crippen LogP contribution in [0, 0.1) is 20.8 Å². The third kappa shape index (κ3) is 19.4. The van der Waals surface area contributed by atoms with Crippen LogP contribution in [0.3, 0.4) is 0 Å². The van der Waals surface area contributed by atoms with Crippen LogP contribution in [0.25, 0.3) is 22.9 Å². The fourth-order valence-electron chi connectivity index (χ4n) is 9.03. The smallest absolute Gasteiger partial charge is 0.488 e. The van der Waals surface area contributed by atoms with Crippen LogP contribution in [0.1, 0.15) is 71.5 Å². The number of aromatic nitrogens is 2. The lowest BCUT2D eigenvalue weighted by molar-refractivity contribution is -0.156. The zero-order chi connectivity index (χ0) is 58.7.